The molecule has 0 aromatic heterocycles. The molecule has 144 valence electrons. The fourth-order valence-electron chi connectivity index (χ4n) is 3.86. The number of nitrogens with zero attached hydrogens (tertiary/aromatic N) is 1. The first-order valence-electron chi connectivity index (χ1n) is 9.84. The number of rotatable bonds is 7. The number of ether oxygens (including phenoxy) is 1. The molecule has 2 aromatic carbocycles. The monoisotopic (exact) mass is 366 g/mol. The molecule has 0 spiro atoms. The number of likely N-dealkylation sites (tertiary alicyclic amines) is 1. The van der Waals surface area contributed by atoms with Crippen molar-refractivity contribution in [2.24, 2.45) is 0 Å². The van der Waals surface area contributed by atoms with E-state index in [2.05, 4.69) is 60.5 Å². The minimum atomic E-state index is 0.0696. The van der Waals surface area contributed by atoms with Gasteiger partial charge in [-0.2, -0.15) is 0 Å². The molecule has 1 heterocycles. The smallest absolute Gasteiger partial charge is 0.234 e. The van der Waals surface area contributed by atoms with Crippen LogP contribution < -0.4 is 10.1 Å². The summed E-state index contributed by atoms with van der Waals surface area (Å²) in [6.07, 6.45) is 3.10. The number of amides is 1. The van der Waals surface area contributed by atoms with Crippen molar-refractivity contribution < 1.29 is 9.53 Å². The third-order valence-electron chi connectivity index (χ3n) is 5.43. The van der Waals surface area contributed by atoms with Crippen LogP contribution in [-0.4, -0.2) is 31.0 Å². The van der Waals surface area contributed by atoms with Crippen LogP contribution in [0.1, 0.15) is 55.0 Å². The van der Waals surface area contributed by atoms with E-state index in [1.54, 1.807) is 7.11 Å². The molecule has 1 aliphatic heterocycles. The molecule has 4 nitrogen and oxygen atoms in total. The van der Waals surface area contributed by atoms with Gasteiger partial charge in [-0.25, -0.2) is 0 Å². The van der Waals surface area contributed by atoms with Crippen molar-refractivity contribution in [1.29, 1.82) is 0 Å². The molecule has 2 aromatic rings. The molecule has 0 saturated carbocycles. The summed E-state index contributed by atoms with van der Waals surface area (Å²) >= 11 is 0. The average molecular weight is 367 g/mol. The lowest BCUT2D eigenvalue weighted by Crippen LogP contribution is -2.38. The lowest BCUT2D eigenvalue weighted by atomic mass is 10.0. The summed E-state index contributed by atoms with van der Waals surface area (Å²) in [6, 6.07) is 17.0. The number of carbonyl (C=O) groups is 1. The Hall–Kier alpha value is -2.33. The Labute approximate surface area is 162 Å². The Bertz CT molecular complexity index is 740. The van der Waals surface area contributed by atoms with Crippen LogP contribution in [0.2, 0.25) is 0 Å². The van der Waals surface area contributed by atoms with E-state index in [4.69, 9.17) is 4.74 Å². The third kappa shape index (κ3) is 4.89. The summed E-state index contributed by atoms with van der Waals surface area (Å²) in [4.78, 5) is 15.0. The van der Waals surface area contributed by atoms with E-state index in [-0.39, 0.29) is 11.9 Å². The molecule has 27 heavy (non-hydrogen) atoms. The SMILES string of the molecule is CC[C@H](NC(=O)CN1CCC[C@@H]1c1ccc(OC)cc1)c1ccc(C)cc1. The third-order valence-corrected chi connectivity index (χ3v) is 5.43. The first-order chi connectivity index (χ1) is 13.1. The van der Waals surface area contributed by atoms with Gasteiger partial charge < -0.3 is 10.1 Å². The molecule has 0 radical (unpaired) electrons. The zero-order valence-corrected chi connectivity index (χ0v) is 16.6. The molecule has 0 aliphatic carbocycles. The maximum Gasteiger partial charge on any atom is 0.234 e. The average Bonchev–Trinajstić information content (AvgIpc) is 3.15. The van der Waals surface area contributed by atoms with Crippen LogP contribution in [0.5, 0.6) is 5.75 Å². The predicted octanol–water partition coefficient (Wildman–Crippen LogP) is 4.41. The highest BCUT2D eigenvalue weighted by Crippen LogP contribution is 2.32. The molecule has 1 saturated heterocycles. The van der Waals surface area contributed by atoms with Crippen LogP contribution in [0.15, 0.2) is 48.5 Å². The number of benzene rings is 2. The van der Waals surface area contributed by atoms with Crippen LogP contribution in [-0.2, 0) is 4.79 Å². The second-order valence-electron chi connectivity index (χ2n) is 7.34. The number of hydrogen-bond acceptors (Lipinski definition) is 3. The molecule has 1 amide bonds. The summed E-state index contributed by atoms with van der Waals surface area (Å²) in [7, 11) is 1.68. The number of nitrogens with one attached hydrogen (secondary N) is 1. The number of methoxy groups -OCH3 is 1. The molecule has 0 unspecified atom stereocenters. The van der Waals surface area contributed by atoms with E-state index in [1.807, 2.05) is 12.1 Å². The van der Waals surface area contributed by atoms with Crippen molar-refractivity contribution in [3.05, 3.63) is 65.2 Å². The summed E-state index contributed by atoms with van der Waals surface area (Å²) < 4.78 is 5.25. The van der Waals surface area contributed by atoms with Crippen molar-refractivity contribution in [3.8, 4) is 5.75 Å². The fourth-order valence-corrected chi connectivity index (χ4v) is 3.86. The highest BCUT2D eigenvalue weighted by molar-refractivity contribution is 5.78. The summed E-state index contributed by atoms with van der Waals surface area (Å²) in [5.74, 6) is 0.966. The zero-order valence-electron chi connectivity index (χ0n) is 16.6. The first kappa shape index (κ1) is 19.4. The molecule has 1 N–H and O–H groups in total. The number of aryl methyl sites for hydroxylation is 1. The Kier molecular flexibility index (Phi) is 6.51. The van der Waals surface area contributed by atoms with Crippen molar-refractivity contribution in [2.45, 2.75) is 45.2 Å². The van der Waals surface area contributed by atoms with Gasteiger partial charge in [-0.15, -0.1) is 0 Å². The number of hydrogen-bond donors (Lipinski definition) is 1. The van der Waals surface area contributed by atoms with Crippen molar-refractivity contribution in [2.75, 3.05) is 20.2 Å². The second-order valence-corrected chi connectivity index (χ2v) is 7.34. The van der Waals surface area contributed by atoms with Gasteiger partial charge in [-0.05, 0) is 56.0 Å². The molecule has 4 heteroatoms. The molecular formula is C23H30N2O2. The van der Waals surface area contributed by atoms with Gasteiger partial charge in [0, 0.05) is 6.04 Å². The summed E-state index contributed by atoms with van der Waals surface area (Å²) in [6.45, 7) is 5.60. The largest absolute Gasteiger partial charge is 0.497 e. The standard InChI is InChI=1S/C23H30N2O2/c1-4-21(18-9-7-17(2)8-10-18)24-23(26)16-25-15-5-6-22(25)19-11-13-20(27-3)14-12-19/h7-14,21-22H,4-6,15-16H2,1-3H3,(H,24,26)/t21-,22+/m0/s1. The number of carbonyl (C=O) groups excluding carboxylic acids is 1. The Morgan fingerprint density at radius 1 is 1.19 bits per heavy atom. The molecule has 3 rings (SSSR count). The maximum absolute atomic E-state index is 12.7. The van der Waals surface area contributed by atoms with E-state index in [0.29, 0.717) is 12.6 Å². The lowest BCUT2D eigenvalue weighted by molar-refractivity contribution is -0.123. The molecule has 0 bridgehead atoms. The molecule has 2 atom stereocenters. The van der Waals surface area contributed by atoms with Crippen LogP contribution in [0, 0.1) is 6.92 Å². The van der Waals surface area contributed by atoms with Gasteiger partial charge in [0.2, 0.25) is 5.91 Å². The summed E-state index contributed by atoms with van der Waals surface area (Å²) in [5, 5.41) is 3.22. The van der Waals surface area contributed by atoms with Gasteiger partial charge in [-0.3, -0.25) is 9.69 Å². The van der Waals surface area contributed by atoms with Crippen molar-refractivity contribution in [1.82, 2.24) is 10.2 Å². The Balaban J connectivity index is 1.62. The van der Waals surface area contributed by atoms with Crippen LogP contribution in [0.4, 0.5) is 0 Å². The highest BCUT2D eigenvalue weighted by Gasteiger charge is 2.28. The minimum Gasteiger partial charge on any atom is -0.497 e. The molecule has 1 aliphatic rings. The Morgan fingerprint density at radius 2 is 1.89 bits per heavy atom. The molecule has 1 fully saturated rings. The van der Waals surface area contributed by atoms with Gasteiger partial charge in [0.05, 0.1) is 19.7 Å². The van der Waals surface area contributed by atoms with Crippen LogP contribution in [0.25, 0.3) is 0 Å². The molecular weight excluding hydrogens is 336 g/mol. The van der Waals surface area contributed by atoms with Gasteiger partial charge >= 0.3 is 0 Å². The fraction of sp³-hybridized carbons (Fsp3) is 0.435. The van der Waals surface area contributed by atoms with Crippen molar-refractivity contribution >= 4 is 5.91 Å². The lowest BCUT2D eigenvalue weighted by Gasteiger charge is -2.26. The zero-order chi connectivity index (χ0) is 19.2. The topological polar surface area (TPSA) is 41.6 Å². The van der Waals surface area contributed by atoms with E-state index in [0.717, 1.165) is 31.6 Å². The maximum atomic E-state index is 12.7. The van der Waals surface area contributed by atoms with Crippen molar-refractivity contribution in [3.63, 3.8) is 0 Å². The van der Waals surface area contributed by atoms with Gasteiger partial charge in [0.15, 0.2) is 0 Å². The second kappa shape index (κ2) is 9.05. The summed E-state index contributed by atoms with van der Waals surface area (Å²) in [5.41, 5.74) is 3.66. The van der Waals surface area contributed by atoms with E-state index in [1.165, 1.54) is 16.7 Å². The van der Waals surface area contributed by atoms with E-state index in [9.17, 15) is 4.79 Å². The minimum absolute atomic E-state index is 0.0696. The van der Waals surface area contributed by atoms with Gasteiger partial charge in [0.25, 0.3) is 0 Å². The highest BCUT2D eigenvalue weighted by atomic mass is 16.5. The Morgan fingerprint density at radius 3 is 2.52 bits per heavy atom. The predicted molar refractivity (Wildman–Crippen MR) is 109 cm³/mol. The first-order valence-corrected chi connectivity index (χ1v) is 9.84. The van der Waals surface area contributed by atoms with Gasteiger partial charge in [0.1, 0.15) is 5.75 Å². The quantitative estimate of drug-likeness (QED) is 0.789. The van der Waals surface area contributed by atoms with Crippen LogP contribution in [0.3, 0.4) is 0 Å². The normalized spacial score (nSPS) is 18.3. The van der Waals surface area contributed by atoms with Crippen LogP contribution >= 0.6 is 0 Å². The van der Waals surface area contributed by atoms with Gasteiger partial charge in [-0.1, -0.05) is 48.9 Å². The van der Waals surface area contributed by atoms with E-state index >= 15 is 0 Å². The van der Waals surface area contributed by atoms with E-state index < -0.39 is 0 Å².